The van der Waals surface area contributed by atoms with Crippen LogP contribution in [0, 0.1) is 0 Å². The average molecular weight is 1140 g/mol. The summed E-state index contributed by atoms with van der Waals surface area (Å²) in [5, 5.41) is 0. The number of rotatable bonds is 73. The molecule has 0 aliphatic rings. The van der Waals surface area contributed by atoms with E-state index in [9.17, 15) is 4.79 Å². The monoisotopic (exact) mass is 1140 g/mol. The van der Waals surface area contributed by atoms with Crippen molar-refractivity contribution >= 4 is 5.97 Å². The van der Waals surface area contributed by atoms with Crippen molar-refractivity contribution in [1.82, 2.24) is 0 Å². The van der Waals surface area contributed by atoms with E-state index in [1.165, 1.54) is 0 Å². The summed E-state index contributed by atoms with van der Waals surface area (Å²) in [7, 11) is 0. The van der Waals surface area contributed by atoms with E-state index in [0.717, 1.165) is 25.5 Å². The third kappa shape index (κ3) is 72.3. The number of carbonyl (C=O) groups excluding carboxylic acids is 1. The van der Waals surface area contributed by atoms with E-state index in [4.69, 9.17) is 114 Å². The van der Waals surface area contributed by atoms with Gasteiger partial charge in [-0.3, -0.25) is 0 Å². The Bertz CT molecular complexity index is 1110. The predicted molar refractivity (Wildman–Crippen MR) is 285 cm³/mol. The highest BCUT2D eigenvalue weighted by molar-refractivity contribution is 5.81. The lowest BCUT2D eigenvalue weighted by Gasteiger charge is -2.09. The number of ether oxygens (including phenoxy) is 24. The van der Waals surface area contributed by atoms with Crippen LogP contribution in [0.1, 0.15) is 19.8 Å². The number of carbonyl (C=O) groups is 1. The van der Waals surface area contributed by atoms with Gasteiger partial charge in [-0.2, -0.15) is 0 Å². The normalized spacial score (nSPS) is 11.6. The maximum absolute atomic E-state index is 10.9. The van der Waals surface area contributed by atoms with Crippen LogP contribution in [-0.4, -0.2) is 316 Å². The predicted octanol–water partition coefficient (Wildman–Crippen LogP) is 1.90. The number of unbranched alkanes of at least 4 members (excludes halogenated alkanes) is 1. The molecular formula is C53H104O25. The first-order chi connectivity index (χ1) is 38.8. The van der Waals surface area contributed by atoms with Gasteiger partial charge in [-0.15, -0.1) is 0 Å². The summed E-state index contributed by atoms with van der Waals surface area (Å²) in [5.74, 6) is -0.465. The van der Waals surface area contributed by atoms with E-state index in [1.54, 1.807) is 0 Å². The van der Waals surface area contributed by atoms with E-state index < -0.39 is 5.97 Å². The minimum Gasteiger partial charge on any atom is -0.460 e. The molecule has 0 bridgehead atoms. The Hall–Kier alpha value is -1.71. The Balaban J connectivity index is 3.08. The van der Waals surface area contributed by atoms with Gasteiger partial charge in [-0.1, -0.05) is 19.9 Å². The van der Waals surface area contributed by atoms with E-state index in [0.29, 0.717) is 297 Å². The number of hydrogen-bond donors (Lipinski definition) is 0. The second kappa shape index (κ2) is 73.3. The zero-order chi connectivity index (χ0) is 55.9. The van der Waals surface area contributed by atoms with Crippen LogP contribution in [0.25, 0.3) is 0 Å². The minimum absolute atomic E-state index is 0.190. The van der Waals surface area contributed by atoms with Crippen molar-refractivity contribution in [3.63, 3.8) is 0 Å². The average Bonchev–Trinajstić information content (AvgIpc) is 3.45. The minimum atomic E-state index is -0.465. The van der Waals surface area contributed by atoms with Crippen molar-refractivity contribution in [2.24, 2.45) is 0 Å². The lowest BCUT2D eigenvalue weighted by Crippen LogP contribution is -2.16. The summed E-state index contributed by atoms with van der Waals surface area (Å²) in [5.41, 5.74) is 0. The summed E-state index contributed by atoms with van der Waals surface area (Å²) in [6.45, 7) is 28.5. The van der Waals surface area contributed by atoms with Crippen LogP contribution in [0.5, 0.6) is 0 Å². The smallest absolute Gasteiger partial charge is 0.330 e. The van der Waals surface area contributed by atoms with Gasteiger partial charge in [0.2, 0.25) is 0 Å². The van der Waals surface area contributed by atoms with Gasteiger partial charge in [-0.05, 0) is 6.42 Å². The number of esters is 1. The number of hydrogen-bond acceptors (Lipinski definition) is 25. The van der Waals surface area contributed by atoms with Crippen LogP contribution >= 0.6 is 0 Å². The van der Waals surface area contributed by atoms with Gasteiger partial charge in [0, 0.05) is 12.7 Å². The van der Waals surface area contributed by atoms with Crippen LogP contribution in [0.3, 0.4) is 0 Å². The molecule has 466 valence electrons. The molecule has 0 heterocycles. The van der Waals surface area contributed by atoms with E-state index in [-0.39, 0.29) is 6.61 Å². The zero-order valence-electron chi connectivity index (χ0n) is 47.6. The van der Waals surface area contributed by atoms with Gasteiger partial charge < -0.3 is 114 Å². The third-order valence-corrected chi connectivity index (χ3v) is 9.47. The Morgan fingerprint density at radius 1 is 0.218 bits per heavy atom. The van der Waals surface area contributed by atoms with Crippen LogP contribution in [0.15, 0.2) is 12.7 Å². The SMILES string of the molecule is C=CC(=O)OCCOCCOCCOCCOCCOCCOCCOCCOCCOCCOCCOCCOCCOCCOCCOCCOCCOCCOCCOCCOCCOCCOCCOCCCC. The molecule has 0 unspecified atom stereocenters. The fourth-order valence-corrected chi connectivity index (χ4v) is 5.45. The van der Waals surface area contributed by atoms with Crippen molar-refractivity contribution in [3.8, 4) is 0 Å². The maximum Gasteiger partial charge on any atom is 0.330 e. The summed E-state index contributed by atoms with van der Waals surface area (Å²) in [6.07, 6.45) is 3.34. The van der Waals surface area contributed by atoms with Gasteiger partial charge in [0.25, 0.3) is 0 Å². The first-order valence-corrected chi connectivity index (χ1v) is 27.9. The fourth-order valence-electron chi connectivity index (χ4n) is 5.45. The summed E-state index contributed by atoms with van der Waals surface area (Å²) < 4.78 is 131. The van der Waals surface area contributed by atoms with E-state index in [2.05, 4.69) is 13.5 Å². The Kier molecular flexibility index (Phi) is 71.7. The van der Waals surface area contributed by atoms with Crippen molar-refractivity contribution in [2.75, 3.05) is 311 Å². The molecule has 0 aromatic carbocycles. The molecule has 25 heteroatoms. The molecule has 0 aliphatic heterocycles. The standard InChI is InChI=1S/C53H104O25/c1-3-5-6-55-7-8-56-9-10-57-11-12-58-13-14-59-15-16-60-17-18-61-19-20-62-21-22-63-23-24-64-25-26-65-27-28-66-29-30-67-31-32-68-33-34-69-35-36-70-37-38-71-39-40-72-41-42-73-43-44-74-45-46-75-47-48-76-49-50-77-51-52-78-53(54)4-2/h4H,2-3,5-52H2,1H3. The van der Waals surface area contributed by atoms with Crippen LogP contribution in [-0.2, 0) is 118 Å². The van der Waals surface area contributed by atoms with Crippen LogP contribution < -0.4 is 0 Å². The quantitative estimate of drug-likeness (QED) is 0.0480. The van der Waals surface area contributed by atoms with Crippen LogP contribution in [0.4, 0.5) is 0 Å². The zero-order valence-corrected chi connectivity index (χ0v) is 47.6. The molecule has 0 aromatic heterocycles. The van der Waals surface area contributed by atoms with Gasteiger partial charge in [0.05, 0.1) is 297 Å². The third-order valence-electron chi connectivity index (χ3n) is 9.47. The lowest BCUT2D eigenvalue weighted by molar-refractivity contribution is -0.139. The topological polar surface area (TPSA) is 239 Å². The second-order valence-corrected chi connectivity index (χ2v) is 15.8. The molecule has 78 heavy (non-hydrogen) atoms. The molecule has 0 saturated heterocycles. The molecule has 0 amide bonds. The van der Waals surface area contributed by atoms with Gasteiger partial charge in [0.1, 0.15) is 6.61 Å². The van der Waals surface area contributed by atoms with Crippen molar-refractivity contribution in [1.29, 1.82) is 0 Å². The molecule has 0 radical (unpaired) electrons. The first-order valence-electron chi connectivity index (χ1n) is 27.9. The molecule has 0 fully saturated rings. The highest BCUT2D eigenvalue weighted by Crippen LogP contribution is 1.92. The molecule has 0 rings (SSSR count). The van der Waals surface area contributed by atoms with Crippen molar-refractivity contribution in [2.45, 2.75) is 19.8 Å². The van der Waals surface area contributed by atoms with Crippen molar-refractivity contribution in [3.05, 3.63) is 12.7 Å². The summed E-state index contributed by atoms with van der Waals surface area (Å²) in [4.78, 5) is 10.9. The largest absolute Gasteiger partial charge is 0.460 e. The fraction of sp³-hybridized carbons (Fsp3) is 0.943. The van der Waals surface area contributed by atoms with E-state index >= 15 is 0 Å². The second-order valence-electron chi connectivity index (χ2n) is 15.8. The maximum atomic E-state index is 10.9. The highest BCUT2D eigenvalue weighted by atomic mass is 16.6. The molecule has 0 atom stereocenters. The molecule has 0 N–H and O–H groups in total. The lowest BCUT2D eigenvalue weighted by atomic mass is 10.4. The van der Waals surface area contributed by atoms with Crippen molar-refractivity contribution < 1.29 is 118 Å². The Morgan fingerprint density at radius 2 is 0.333 bits per heavy atom. The van der Waals surface area contributed by atoms with Gasteiger partial charge in [0.15, 0.2) is 0 Å². The summed E-state index contributed by atoms with van der Waals surface area (Å²) >= 11 is 0. The molecule has 0 spiro atoms. The highest BCUT2D eigenvalue weighted by Gasteiger charge is 2.01. The van der Waals surface area contributed by atoms with E-state index in [1.807, 2.05) is 0 Å². The molecule has 0 aromatic rings. The Morgan fingerprint density at radius 3 is 0.449 bits per heavy atom. The Labute approximate surface area is 466 Å². The molecule has 0 saturated carbocycles. The molecular weight excluding hydrogens is 1040 g/mol. The first kappa shape index (κ1) is 76.3. The van der Waals surface area contributed by atoms with Gasteiger partial charge >= 0.3 is 5.97 Å². The summed E-state index contributed by atoms with van der Waals surface area (Å²) in [6, 6.07) is 0. The van der Waals surface area contributed by atoms with Gasteiger partial charge in [-0.25, -0.2) is 4.79 Å². The molecule has 25 nitrogen and oxygen atoms in total. The molecule has 0 aliphatic carbocycles. The van der Waals surface area contributed by atoms with Crippen LogP contribution in [0.2, 0.25) is 0 Å².